The van der Waals surface area contributed by atoms with Crippen LogP contribution in [0.1, 0.15) is 36.0 Å². The van der Waals surface area contributed by atoms with Gasteiger partial charge >= 0.3 is 0 Å². The van der Waals surface area contributed by atoms with Gasteiger partial charge in [-0.05, 0) is 69.4 Å². The third-order valence-electron chi connectivity index (χ3n) is 8.00. The van der Waals surface area contributed by atoms with Crippen molar-refractivity contribution in [1.29, 1.82) is 0 Å². The van der Waals surface area contributed by atoms with Crippen molar-refractivity contribution < 1.29 is 18.7 Å². The summed E-state index contributed by atoms with van der Waals surface area (Å²) < 4.78 is 27.6. The fourth-order valence-corrected chi connectivity index (χ4v) is 5.54. The number of likely N-dealkylation sites (N-methyl/N-ethyl adjacent to an activating group) is 2. The van der Waals surface area contributed by atoms with Gasteiger partial charge in [-0.2, -0.15) is 9.97 Å². The Kier molecular flexibility index (Phi) is 8.24. The molecule has 43 heavy (non-hydrogen) atoms. The summed E-state index contributed by atoms with van der Waals surface area (Å²) in [5, 5.41) is 6.86. The van der Waals surface area contributed by atoms with Gasteiger partial charge in [0.05, 0.1) is 18.9 Å². The van der Waals surface area contributed by atoms with Gasteiger partial charge in [-0.15, -0.1) is 0 Å². The first kappa shape index (κ1) is 29.0. The molecule has 226 valence electrons. The van der Waals surface area contributed by atoms with E-state index in [0.717, 1.165) is 37.9 Å². The minimum Gasteiger partial charge on any atom is -0.351 e. The largest absolute Gasteiger partial charge is 0.351 e. The van der Waals surface area contributed by atoms with E-state index in [1.54, 1.807) is 47.1 Å². The molecule has 0 unspecified atom stereocenters. The number of ether oxygens (including phenoxy) is 2. The third-order valence-corrected chi connectivity index (χ3v) is 8.00. The monoisotopic (exact) mass is 588 g/mol. The number of fused-ring (bicyclic) bond motifs is 1. The predicted molar refractivity (Wildman–Crippen MR) is 162 cm³/mol. The number of nitrogens with one attached hydrogen (secondary N) is 2. The van der Waals surface area contributed by atoms with E-state index in [9.17, 15) is 9.18 Å². The van der Waals surface area contributed by atoms with Crippen LogP contribution in [0.5, 0.6) is 0 Å². The number of carbonyl (C=O) groups is 1. The Morgan fingerprint density at radius 3 is 2.49 bits per heavy atom. The molecule has 11 nitrogen and oxygen atoms in total. The zero-order chi connectivity index (χ0) is 30.0. The van der Waals surface area contributed by atoms with Crippen molar-refractivity contribution in [2.45, 2.75) is 37.5 Å². The SMILES string of the molecule is CN(C)CCN(C)C(=O)c1ccc(Nc2nc(NC3CCC4(CC3)OCCO4)nc3c2ncn3-c2cccc(F)c2)cc1. The van der Waals surface area contributed by atoms with Crippen LogP contribution in [0.2, 0.25) is 0 Å². The van der Waals surface area contributed by atoms with Crippen molar-refractivity contribution in [2.75, 3.05) is 58.1 Å². The van der Waals surface area contributed by atoms with Gasteiger partial charge in [0.1, 0.15) is 12.1 Å². The highest BCUT2D eigenvalue weighted by molar-refractivity contribution is 5.94. The number of amides is 1. The van der Waals surface area contributed by atoms with Crippen molar-refractivity contribution >= 4 is 34.5 Å². The lowest BCUT2D eigenvalue weighted by Crippen LogP contribution is -2.39. The summed E-state index contributed by atoms with van der Waals surface area (Å²) in [5.74, 6) is 0.0945. The van der Waals surface area contributed by atoms with E-state index in [4.69, 9.17) is 19.4 Å². The summed E-state index contributed by atoms with van der Waals surface area (Å²) in [5.41, 5.74) is 3.02. The summed E-state index contributed by atoms with van der Waals surface area (Å²) >= 11 is 0. The quantitative estimate of drug-likeness (QED) is 0.294. The van der Waals surface area contributed by atoms with Gasteiger partial charge in [-0.25, -0.2) is 9.37 Å². The molecule has 0 bridgehead atoms. The fourth-order valence-electron chi connectivity index (χ4n) is 5.54. The molecular weight excluding hydrogens is 551 g/mol. The van der Waals surface area contributed by atoms with E-state index in [1.807, 2.05) is 31.1 Å². The molecule has 3 heterocycles. The van der Waals surface area contributed by atoms with Gasteiger partial charge in [-0.1, -0.05) is 6.07 Å². The second-order valence-electron chi connectivity index (χ2n) is 11.4. The molecule has 1 spiro atoms. The van der Waals surface area contributed by atoms with Crippen LogP contribution in [-0.2, 0) is 9.47 Å². The maximum Gasteiger partial charge on any atom is 0.253 e. The fraction of sp³-hybridized carbons (Fsp3) is 0.419. The summed E-state index contributed by atoms with van der Waals surface area (Å²) in [6, 6.07) is 13.7. The maximum atomic E-state index is 14.1. The molecule has 12 heteroatoms. The van der Waals surface area contributed by atoms with Crippen LogP contribution >= 0.6 is 0 Å². The van der Waals surface area contributed by atoms with Crippen LogP contribution in [0, 0.1) is 5.82 Å². The molecule has 1 amide bonds. The van der Waals surface area contributed by atoms with Crippen molar-refractivity contribution in [3.8, 4) is 5.69 Å². The van der Waals surface area contributed by atoms with E-state index in [0.29, 0.717) is 53.9 Å². The Labute approximate surface area is 250 Å². The molecule has 1 aliphatic heterocycles. The Balaban J connectivity index is 1.26. The van der Waals surface area contributed by atoms with Crippen molar-refractivity contribution in [3.05, 3.63) is 66.2 Å². The Hall–Kier alpha value is -4.13. The second-order valence-corrected chi connectivity index (χ2v) is 11.4. The van der Waals surface area contributed by atoms with Gasteiger partial charge in [0.25, 0.3) is 5.91 Å². The Morgan fingerprint density at radius 2 is 1.79 bits per heavy atom. The highest BCUT2D eigenvalue weighted by Gasteiger charge is 2.40. The zero-order valence-electron chi connectivity index (χ0n) is 24.7. The van der Waals surface area contributed by atoms with Crippen LogP contribution in [0.3, 0.4) is 0 Å². The molecule has 2 aromatic heterocycles. The molecule has 0 atom stereocenters. The number of aromatic nitrogens is 4. The molecule has 1 saturated heterocycles. The normalized spacial score (nSPS) is 16.7. The van der Waals surface area contributed by atoms with E-state index >= 15 is 0 Å². The number of imidazole rings is 1. The Bertz CT molecular complexity index is 1580. The second kappa shape index (κ2) is 12.2. The van der Waals surface area contributed by atoms with E-state index < -0.39 is 5.79 Å². The lowest BCUT2D eigenvalue weighted by Gasteiger charge is -2.35. The van der Waals surface area contributed by atoms with Crippen LogP contribution in [0.4, 0.5) is 21.8 Å². The van der Waals surface area contributed by atoms with E-state index in [-0.39, 0.29) is 17.8 Å². The first-order chi connectivity index (χ1) is 20.8. The smallest absolute Gasteiger partial charge is 0.253 e. The maximum absolute atomic E-state index is 14.1. The van der Waals surface area contributed by atoms with Gasteiger partial charge in [0.2, 0.25) is 5.95 Å². The minimum atomic E-state index is -0.458. The molecule has 2 aliphatic rings. The molecule has 1 saturated carbocycles. The topological polar surface area (TPSA) is 110 Å². The van der Waals surface area contributed by atoms with Crippen molar-refractivity contribution in [2.24, 2.45) is 0 Å². The van der Waals surface area contributed by atoms with Gasteiger partial charge in [0, 0.05) is 50.3 Å². The number of halogens is 1. The molecule has 1 aliphatic carbocycles. The number of carbonyl (C=O) groups excluding carboxylic acids is 1. The number of hydrogen-bond acceptors (Lipinski definition) is 9. The van der Waals surface area contributed by atoms with Crippen LogP contribution in [0.15, 0.2) is 54.9 Å². The average Bonchev–Trinajstić information content (AvgIpc) is 3.65. The Morgan fingerprint density at radius 1 is 1.05 bits per heavy atom. The lowest BCUT2D eigenvalue weighted by atomic mass is 9.90. The third kappa shape index (κ3) is 6.46. The average molecular weight is 589 g/mol. The summed E-state index contributed by atoms with van der Waals surface area (Å²) in [6.07, 6.45) is 4.93. The van der Waals surface area contributed by atoms with E-state index in [1.165, 1.54) is 12.1 Å². The van der Waals surface area contributed by atoms with Gasteiger partial charge in [-0.3, -0.25) is 9.36 Å². The standard InChI is InChI=1S/C31H37FN8O3/c1-38(2)15-16-39(3)29(41)21-7-9-23(10-8-21)34-27-26-28(40(20-33-26)25-6-4-5-22(32)19-25)37-30(36-27)35-24-11-13-31(14-12-24)42-17-18-43-31/h4-10,19-20,24H,11-18H2,1-3H3,(H2,34,35,36,37). The zero-order valence-corrected chi connectivity index (χ0v) is 24.7. The first-order valence-corrected chi connectivity index (χ1v) is 14.6. The molecule has 2 N–H and O–H groups in total. The first-order valence-electron chi connectivity index (χ1n) is 14.6. The molecule has 2 aromatic carbocycles. The summed E-state index contributed by atoms with van der Waals surface area (Å²) in [7, 11) is 5.77. The van der Waals surface area contributed by atoms with Gasteiger partial charge in [0.15, 0.2) is 22.8 Å². The molecule has 0 radical (unpaired) electrons. The van der Waals surface area contributed by atoms with Crippen LogP contribution in [0.25, 0.3) is 16.9 Å². The number of benzene rings is 2. The molecular formula is C31H37FN8O3. The van der Waals surface area contributed by atoms with Crippen molar-refractivity contribution in [1.82, 2.24) is 29.3 Å². The molecule has 2 fully saturated rings. The van der Waals surface area contributed by atoms with Crippen molar-refractivity contribution in [3.63, 3.8) is 0 Å². The molecule has 6 rings (SSSR count). The van der Waals surface area contributed by atoms with E-state index in [2.05, 4.69) is 15.6 Å². The number of anilines is 3. The van der Waals surface area contributed by atoms with Gasteiger partial charge < -0.3 is 29.9 Å². The highest BCUT2D eigenvalue weighted by Crippen LogP contribution is 2.37. The minimum absolute atomic E-state index is 0.0409. The number of rotatable bonds is 9. The summed E-state index contributed by atoms with van der Waals surface area (Å²) in [6.45, 7) is 2.70. The van der Waals surface area contributed by atoms with Crippen LogP contribution in [-0.4, -0.2) is 94.5 Å². The highest BCUT2D eigenvalue weighted by atomic mass is 19.1. The predicted octanol–water partition coefficient (Wildman–Crippen LogP) is 4.43. The molecule has 4 aromatic rings. The lowest BCUT2D eigenvalue weighted by molar-refractivity contribution is -0.177. The number of hydrogen-bond donors (Lipinski definition) is 2. The van der Waals surface area contributed by atoms with Crippen LogP contribution < -0.4 is 10.6 Å². The number of nitrogens with zero attached hydrogens (tertiary/aromatic N) is 6. The summed E-state index contributed by atoms with van der Waals surface area (Å²) in [4.78, 5) is 30.8.